The van der Waals surface area contributed by atoms with Crippen molar-refractivity contribution in [1.29, 1.82) is 0 Å². The van der Waals surface area contributed by atoms with Gasteiger partial charge in [-0.15, -0.1) is 0 Å². The highest BCUT2D eigenvalue weighted by Crippen LogP contribution is 2.23. The molecular formula is C18H22N2O5. The molecule has 0 aliphatic heterocycles. The van der Waals surface area contributed by atoms with Crippen molar-refractivity contribution in [2.24, 2.45) is 0 Å². The van der Waals surface area contributed by atoms with E-state index in [0.717, 1.165) is 0 Å². The van der Waals surface area contributed by atoms with Gasteiger partial charge in [0.05, 0.1) is 6.61 Å². The summed E-state index contributed by atoms with van der Waals surface area (Å²) in [5.74, 6) is 0.0566. The summed E-state index contributed by atoms with van der Waals surface area (Å²) in [6.07, 6.45) is 0.512. The first-order valence-corrected chi connectivity index (χ1v) is 7.99. The lowest BCUT2D eigenvalue weighted by Gasteiger charge is -2.12. The molecule has 7 heteroatoms. The van der Waals surface area contributed by atoms with Crippen LogP contribution in [0.1, 0.15) is 49.9 Å². The van der Waals surface area contributed by atoms with E-state index in [9.17, 15) is 9.59 Å². The third-order valence-corrected chi connectivity index (χ3v) is 3.40. The molecule has 134 valence electrons. The Kier molecular flexibility index (Phi) is 5.80. The number of aliphatic carboxylic acids is 1. The van der Waals surface area contributed by atoms with Gasteiger partial charge in [-0.1, -0.05) is 25.9 Å². The summed E-state index contributed by atoms with van der Waals surface area (Å²) in [6.45, 7) is 6.26. The van der Waals surface area contributed by atoms with Gasteiger partial charge in [-0.2, -0.15) is 0 Å². The fourth-order valence-electron chi connectivity index (χ4n) is 1.98. The predicted molar refractivity (Wildman–Crippen MR) is 92.0 cm³/mol. The molecule has 1 amide bonds. The van der Waals surface area contributed by atoms with E-state index in [2.05, 4.69) is 10.5 Å². The van der Waals surface area contributed by atoms with Gasteiger partial charge >= 0.3 is 5.97 Å². The van der Waals surface area contributed by atoms with Gasteiger partial charge in [0.15, 0.2) is 5.69 Å². The minimum Gasteiger partial charge on any atom is -0.494 e. The van der Waals surface area contributed by atoms with Gasteiger partial charge in [-0.05, 0) is 30.7 Å². The van der Waals surface area contributed by atoms with Crippen LogP contribution in [0.25, 0.3) is 0 Å². The standard InChI is InChI=1S/C18H22N2O5/c1-18(2,3)15-11-14(20-25-15)17(23)19-12-6-8-13(9-7-12)24-10-4-5-16(21)22/h6-9,11H,4-5,10H2,1-3H3,(H,19,23)(H,21,22). The Hall–Kier alpha value is -2.83. The van der Waals surface area contributed by atoms with Crippen LogP contribution < -0.4 is 10.1 Å². The molecular weight excluding hydrogens is 324 g/mol. The average molecular weight is 346 g/mol. The number of carbonyl (C=O) groups excluding carboxylic acids is 1. The van der Waals surface area contributed by atoms with Crippen molar-refractivity contribution in [2.75, 3.05) is 11.9 Å². The third-order valence-electron chi connectivity index (χ3n) is 3.40. The zero-order valence-electron chi connectivity index (χ0n) is 14.5. The number of carboxylic acids is 1. The number of nitrogens with one attached hydrogen (secondary N) is 1. The monoisotopic (exact) mass is 346 g/mol. The maximum atomic E-state index is 12.2. The summed E-state index contributed by atoms with van der Waals surface area (Å²) in [7, 11) is 0. The molecule has 2 N–H and O–H groups in total. The van der Waals surface area contributed by atoms with E-state index in [1.807, 2.05) is 20.8 Å². The molecule has 1 aromatic heterocycles. The highest BCUT2D eigenvalue weighted by molar-refractivity contribution is 6.02. The fraction of sp³-hybridized carbons (Fsp3) is 0.389. The second-order valence-electron chi connectivity index (χ2n) is 6.65. The van der Waals surface area contributed by atoms with Gasteiger partial charge in [0.1, 0.15) is 11.5 Å². The van der Waals surface area contributed by atoms with E-state index in [0.29, 0.717) is 30.2 Å². The first-order chi connectivity index (χ1) is 11.8. The molecule has 0 aliphatic rings. The van der Waals surface area contributed by atoms with Crippen LogP contribution in [-0.4, -0.2) is 28.7 Å². The molecule has 2 rings (SSSR count). The van der Waals surface area contributed by atoms with Crippen LogP contribution in [0.5, 0.6) is 5.75 Å². The van der Waals surface area contributed by atoms with Crippen LogP contribution in [0.4, 0.5) is 5.69 Å². The average Bonchev–Trinajstić information content (AvgIpc) is 3.03. The van der Waals surface area contributed by atoms with E-state index < -0.39 is 5.97 Å². The zero-order valence-corrected chi connectivity index (χ0v) is 14.5. The fourth-order valence-corrected chi connectivity index (χ4v) is 1.98. The number of hydrogen-bond acceptors (Lipinski definition) is 5. The van der Waals surface area contributed by atoms with Crippen LogP contribution >= 0.6 is 0 Å². The third kappa shape index (κ3) is 5.63. The van der Waals surface area contributed by atoms with Crippen LogP contribution in [0.2, 0.25) is 0 Å². The molecule has 0 saturated carbocycles. The summed E-state index contributed by atoms with van der Waals surface area (Å²) in [6, 6.07) is 8.46. The Morgan fingerprint density at radius 3 is 2.48 bits per heavy atom. The molecule has 0 bridgehead atoms. The highest BCUT2D eigenvalue weighted by atomic mass is 16.5. The van der Waals surface area contributed by atoms with Gasteiger partial charge in [-0.3, -0.25) is 9.59 Å². The number of hydrogen-bond donors (Lipinski definition) is 2. The first kappa shape index (κ1) is 18.5. The lowest BCUT2D eigenvalue weighted by Crippen LogP contribution is -2.13. The quantitative estimate of drug-likeness (QED) is 0.744. The van der Waals surface area contributed by atoms with Crippen LogP contribution in [0.15, 0.2) is 34.9 Å². The predicted octanol–water partition coefficient (Wildman–Crippen LogP) is 3.47. The minimum atomic E-state index is -0.843. The molecule has 0 aliphatic carbocycles. The summed E-state index contributed by atoms with van der Waals surface area (Å²) >= 11 is 0. The van der Waals surface area contributed by atoms with Crippen molar-refractivity contribution < 1.29 is 24.0 Å². The van der Waals surface area contributed by atoms with Crippen molar-refractivity contribution in [3.8, 4) is 5.75 Å². The van der Waals surface area contributed by atoms with Gasteiger partial charge in [0.25, 0.3) is 5.91 Å². The number of carboxylic acid groups (broad SMARTS) is 1. The number of nitrogens with zero attached hydrogens (tertiary/aromatic N) is 1. The van der Waals surface area contributed by atoms with Crippen molar-refractivity contribution in [1.82, 2.24) is 5.16 Å². The first-order valence-electron chi connectivity index (χ1n) is 7.99. The minimum absolute atomic E-state index is 0.0718. The highest BCUT2D eigenvalue weighted by Gasteiger charge is 2.22. The van der Waals surface area contributed by atoms with E-state index in [1.165, 1.54) is 0 Å². The number of anilines is 1. The Balaban J connectivity index is 1.89. The lowest BCUT2D eigenvalue weighted by atomic mass is 9.93. The molecule has 1 heterocycles. The smallest absolute Gasteiger partial charge is 0.303 e. The summed E-state index contributed by atoms with van der Waals surface area (Å²) < 4.78 is 10.6. The number of amides is 1. The molecule has 0 spiro atoms. The lowest BCUT2D eigenvalue weighted by molar-refractivity contribution is -0.137. The van der Waals surface area contributed by atoms with Crippen molar-refractivity contribution in [3.63, 3.8) is 0 Å². The normalized spacial score (nSPS) is 11.2. The number of ether oxygens (including phenoxy) is 1. The molecule has 1 aromatic carbocycles. The summed E-state index contributed by atoms with van der Waals surface area (Å²) in [5.41, 5.74) is 0.604. The van der Waals surface area contributed by atoms with Crippen LogP contribution in [0, 0.1) is 0 Å². The number of benzene rings is 1. The second kappa shape index (κ2) is 7.83. The summed E-state index contributed by atoms with van der Waals surface area (Å²) in [5, 5.41) is 15.1. The van der Waals surface area contributed by atoms with Crippen molar-refractivity contribution in [3.05, 3.63) is 41.8 Å². The van der Waals surface area contributed by atoms with Gasteiger partial charge in [0, 0.05) is 23.6 Å². The molecule has 0 fully saturated rings. The van der Waals surface area contributed by atoms with E-state index in [4.69, 9.17) is 14.4 Å². The summed E-state index contributed by atoms with van der Waals surface area (Å²) in [4.78, 5) is 22.6. The van der Waals surface area contributed by atoms with Gasteiger partial charge < -0.3 is 19.7 Å². The van der Waals surface area contributed by atoms with Crippen LogP contribution in [0.3, 0.4) is 0 Å². The molecule has 7 nitrogen and oxygen atoms in total. The number of carbonyl (C=O) groups is 2. The van der Waals surface area contributed by atoms with E-state index >= 15 is 0 Å². The topological polar surface area (TPSA) is 102 Å². The number of rotatable bonds is 7. The van der Waals surface area contributed by atoms with Crippen molar-refractivity contribution in [2.45, 2.75) is 39.0 Å². The van der Waals surface area contributed by atoms with Gasteiger partial charge in [0.2, 0.25) is 0 Å². The van der Waals surface area contributed by atoms with Crippen LogP contribution in [-0.2, 0) is 10.2 Å². The Morgan fingerprint density at radius 1 is 1.24 bits per heavy atom. The Bertz CT molecular complexity index is 729. The Morgan fingerprint density at radius 2 is 1.92 bits per heavy atom. The largest absolute Gasteiger partial charge is 0.494 e. The van der Waals surface area contributed by atoms with Crippen molar-refractivity contribution >= 4 is 17.6 Å². The number of aromatic nitrogens is 1. The molecule has 0 unspecified atom stereocenters. The SMILES string of the molecule is CC(C)(C)c1cc(C(=O)Nc2ccc(OCCCC(=O)O)cc2)no1. The maximum Gasteiger partial charge on any atom is 0.303 e. The molecule has 0 atom stereocenters. The zero-order chi connectivity index (χ0) is 18.4. The van der Waals surface area contributed by atoms with E-state index in [1.54, 1.807) is 30.3 Å². The molecule has 0 radical (unpaired) electrons. The molecule has 0 saturated heterocycles. The Labute approximate surface area is 146 Å². The maximum absolute atomic E-state index is 12.2. The van der Waals surface area contributed by atoms with Gasteiger partial charge in [-0.25, -0.2) is 0 Å². The molecule has 2 aromatic rings. The second-order valence-corrected chi connectivity index (χ2v) is 6.65. The molecule has 25 heavy (non-hydrogen) atoms. The van der Waals surface area contributed by atoms with E-state index in [-0.39, 0.29) is 23.4 Å².